The maximum atomic E-state index is 5.75. The molecule has 1 fully saturated rings. The van der Waals surface area contributed by atoms with Crippen LogP contribution in [0.25, 0.3) is 0 Å². The van der Waals surface area contributed by atoms with Crippen molar-refractivity contribution in [3.05, 3.63) is 18.5 Å². The molecule has 0 unspecified atom stereocenters. The van der Waals surface area contributed by atoms with Crippen molar-refractivity contribution in [3.63, 3.8) is 0 Å². The molecule has 0 bridgehead atoms. The van der Waals surface area contributed by atoms with Gasteiger partial charge >= 0.3 is 0 Å². The minimum absolute atomic E-state index is 0.194. The van der Waals surface area contributed by atoms with Gasteiger partial charge in [0.2, 0.25) is 17.1 Å². The summed E-state index contributed by atoms with van der Waals surface area (Å²) in [6.45, 7) is 2.82. The summed E-state index contributed by atoms with van der Waals surface area (Å²) >= 11 is 1.26. The van der Waals surface area contributed by atoms with Crippen LogP contribution in [-0.4, -0.2) is 51.2 Å². The van der Waals surface area contributed by atoms with Crippen LogP contribution in [0.1, 0.15) is 0 Å². The number of hydrogen-bond acceptors (Lipinski definition) is 9. The van der Waals surface area contributed by atoms with Gasteiger partial charge in [-0.2, -0.15) is 15.0 Å². The number of anilines is 2. The molecule has 3 heterocycles. The van der Waals surface area contributed by atoms with E-state index in [2.05, 4.69) is 24.9 Å². The molecule has 0 amide bonds. The van der Waals surface area contributed by atoms with Crippen LogP contribution >= 0.6 is 11.8 Å². The highest BCUT2D eigenvalue weighted by molar-refractivity contribution is 7.99. The first kappa shape index (κ1) is 13.0. The number of ether oxygens (including phenoxy) is 1. The van der Waals surface area contributed by atoms with Gasteiger partial charge in [-0.3, -0.25) is 0 Å². The first-order valence-electron chi connectivity index (χ1n) is 6.10. The zero-order valence-corrected chi connectivity index (χ0v) is 11.5. The van der Waals surface area contributed by atoms with Gasteiger partial charge in [0.1, 0.15) is 0 Å². The van der Waals surface area contributed by atoms with Crippen LogP contribution in [0.15, 0.2) is 28.8 Å². The van der Waals surface area contributed by atoms with Crippen molar-refractivity contribution in [3.8, 4) is 0 Å². The van der Waals surface area contributed by atoms with Crippen molar-refractivity contribution in [1.29, 1.82) is 0 Å². The molecule has 1 saturated heterocycles. The van der Waals surface area contributed by atoms with Crippen molar-refractivity contribution in [2.24, 2.45) is 0 Å². The molecule has 2 aromatic rings. The van der Waals surface area contributed by atoms with Crippen LogP contribution in [0.5, 0.6) is 0 Å². The number of aromatic nitrogens is 5. The first-order chi connectivity index (χ1) is 9.81. The van der Waals surface area contributed by atoms with E-state index in [1.165, 1.54) is 11.8 Å². The van der Waals surface area contributed by atoms with Crippen LogP contribution in [0.4, 0.5) is 11.9 Å². The van der Waals surface area contributed by atoms with E-state index in [4.69, 9.17) is 10.5 Å². The Balaban J connectivity index is 1.82. The van der Waals surface area contributed by atoms with E-state index in [0.717, 1.165) is 13.1 Å². The molecule has 0 spiro atoms. The predicted molar refractivity (Wildman–Crippen MR) is 73.4 cm³/mol. The normalized spacial score (nSPS) is 15.3. The van der Waals surface area contributed by atoms with E-state index < -0.39 is 0 Å². The van der Waals surface area contributed by atoms with Gasteiger partial charge in [-0.1, -0.05) is 0 Å². The standard InChI is InChI=1S/C11H13N7OS/c12-8-15-9(18-4-6-19-7-5-18)17-11(16-8)20-10-13-2-1-3-14-10/h1-3H,4-7H2,(H2,12,15,16,17). The van der Waals surface area contributed by atoms with E-state index >= 15 is 0 Å². The minimum atomic E-state index is 0.194. The lowest BCUT2D eigenvalue weighted by Crippen LogP contribution is -2.37. The third-order valence-electron chi connectivity index (χ3n) is 2.64. The van der Waals surface area contributed by atoms with Crippen LogP contribution in [0.2, 0.25) is 0 Å². The zero-order valence-electron chi connectivity index (χ0n) is 10.6. The van der Waals surface area contributed by atoms with Crippen molar-refractivity contribution in [1.82, 2.24) is 24.9 Å². The molecule has 0 atom stereocenters. The molecule has 0 aromatic carbocycles. The highest BCUT2D eigenvalue weighted by Gasteiger charge is 2.16. The second-order valence-corrected chi connectivity index (χ2v) is 4.94. The van der Waals surface area contributed by atoms with E-state index in [1.54, 1.807) is 18.5 Å². The largest absolute Gasteiger partial charge is 0.378 e. The monoisotopic (exact) mass is 291 g/mol. The third-order valence-corrected chi connectivity index (χ3v) is 3.40. The van der Waals surface area contributed by atoms with Crippen LogP contribution in [0.3, 0.4) is 0 Å². The smallest absolute Gasteiger partial charge is 0.231 e. The maximum absolute atomic E-state index is 5.75. The average Bonchev–Trinajstić information content (AvgIpc) is 2.49. The summed E-state index contributed by atoms with van der Waals surface area (Å²) in [5.74, 6) is 0.763. The lowest BCUT2D eigenvalue weighted by molar-refractivity contribution is 0.122. The molecule has 104 valence electrons. The van der Waals surface area contributed by atoms with Gasteiger partial charge in [0.05, 0.1) is 13.2 Å². The number of hydrogen-bond donors (Lipinski definition) is 1. The summed E-state index contributed by atoms with van der Waals surface area (Å²) in [6, 6.07) is 1.75. The van der Waals surface area contributed by atoms with E-state index in [9.17, 15) is 0 Å². The summed E-state index contributed by atoms with van der Waals surface area (Å²) in [5.41, 5.74) is 5.75. The number of rotatable bonds is 3. The molecule has 1 aliphatic heterocycles. The minimum Gasteiger partial charge on any atom is -0.378 e. The Kier molecular flexibility index (Phi) is 3.88. The molecule has 8 nitrogen and oxygen atoms in total. The zero-order chi connectivity index (χ0) is 13.8. The summed E-state index contributed by atoms with van der Waals surface area (Å²) in [5, 5.41) is 1.07. The fourth-order valence-corrected chi connectivity index (χ4v) is 2.39. The maximum Gasteiger partial charge on any atom is 0.231 e. The molecule has 0 radical (unpaired) electrons. The lowest BCUT2D eigenvalue weighted by Gasteiger charge is -2.26. The molecule has 1 aliphatic rings. The second-order valence-electron chi connectivity index (χ2n) is 4.01. The van der Waals surface area contributed by atoms with Gasteiger partial charge < -0.3 is 15.4 Å². The quantitative estimate of drug-likeness (QED) is 0.796. The molecule has 2 aromatic heterocycles. The summed E-state index contributed by atoms with van der Waals surface area (Å²) in [4.78, 5) is 23.0. The Hall–Kier alpha value is -2.00. The summed E-state index contributed by atoms with van der Waals surface area (Å²) in [6.07, 6.45) is 3.34. The molecular weight excluding hydrogens is 278 g/mol. The SMILES string of the molecule is Nc1nc(Sc2ncccn2)nc(N2CCOCC2)n1. The number of morpholine rings is 1. The van der Waals surface area contributed by atoms with Crippen molar-refractivity contribution in [2.45, 2.75) is 10.3 Å². The number of nitrogen functional groups attached to an aromatic ring is 1. The molecule has 0 saturated carbocycles. The van der Waals surface area contributed by atoms with Gasteiger partial charge in [-0.15, -0.1) is 0 Å². The van der Waals surface area contributed by atoms with Crippen LogP contribution in [-0.2, 0) is 4.74 Å². The van der Waals surface area contributed by atoms with Gasteiger partial charge in [-0.25, -0.2) is 9.97 Å². The molecule has 20 heavy (non-hydrogen) atoms. The fourth-order valence-electron chi connectivity index (χ4n) is 1.73. The Labute approximate surface area is 119 Å². The predicted octanol–water partition coefficient (Wildman–Crippen LogP) is 0.232. The fraction of sp³-hybridized carbons (Fsp3) is 0.364. The van der Waals surface area contributed by atoms with E-state index in [1.807, 2.05) is 4.90 Å². The second kappa shape index (κ2) is 5.97. The van der Waals surface area contributed by atoms with E-state index in [0.29, 0.717) is 29.5 Å². The number of nitrogens with two attached hydrogens (primary N) is 1. The van der Waals surface area contributed by atoms with Gasteiger partial charge in [0.25, 0.3) is 0 Å². The van der Waals surface area contributed by atoms with Crippen molar-refractivity contribution < 1.29 is 4.74 Å². The van der Waals surface area contributed by atoms with Gasteiger partial charge in [0.15, 0.2) is 5.16 Å². The molecule has 9 heteroatoms. The average molecular weight is 291 g/mol. The first-order valence-corrected chi connectivity index (χ1v) is 6.92. The van der Waals surface area contributed by atoms with Crippen molar-refractivity contribution in [2.75, 3.05) is 36.9 Å². The number of nitrogens with zero attached hydrogens (tertiary/aromatic N) is 6. The Bertz CT molecular complexity index is 576. The van der Waals surface area contributed by atoms with Crippen LogP contribution < -0.4 is 10.6 Å². The lowest BCUT2D eigenvalue weighted by atomic mass is 10.4. The topological polar surface area (TPSA) is 103 Å². The summed E-state index contributed by atoms with van der Waals surface area (Å²) in [7, 11) is 0. The van der Waals surface area contributed by atoms with E-state index in [-0.39, 0.29) is 5.95 Å². The Morgan fingerprint density at radius 3 is 2.55 bits per heavy atom. The third kappa shape index (κ3) is 3.11. The molecule has 3 rings (SSSR count). The highest BCUT2D eigenvalue weighted by atomic mass is 32.2. The van der Waals surface area contributed by atoms with Crippen LogP contribution in [0, 0.1) is 0 Å². The van der Waals surface area contributed by atoms with Crippen molar-refractivity contribution >= 4 is 23.7 Å². The molecule has 0 aliphatic carbocycles. The highest BCUT2D eigenvalue weighted by Crippen LogP contribution is 2.22. The Morgan fingerprint density at radius 1 is 1.05 bits per heavy atom. The molecule has 2 N–H and O–H groups in total. The molecular formula is C11H13N7OS. The van der Waals surface area contributed by atoms with Gasteiger partial charge in [-0.05, 0) is 17.8 Å². The summed E-state index contributed by atoms with van der Waals surface area (Å²) < 4.78 is 5.31. The van der Waals surface area contributed by atoms with Gasteiger partial charge in [0, 0.05) is 25.5 Å². The Morgan fingerprint density at radius 2 is 1.80 bits per heavy atom.